The van der Waals surface area contributed by atoms with E-state index >= 15 is 0 Å². The van der Waals surface area contributed by atoms with Crippen LogP contribution in [-0.4, -0.2) is 32.3 Å². The second kappa shape index (κ2) is 9.43. The number of rotatable bonds is 8. The summed E-state index contributed by atoms with van der Waals surface area (Å²) >= 11 is 0. The van der Waals surface area contributed by atoms with Gasteiger partial charge in [-0.1, -0.05) is 47.6 Å². The van der Waals surface area contributed by atoms with Crippen LogP contribution in [0.4, 0.5) is 0 Å². The summed E-state index contributed by atoms with van der Waals surface area (Å²) in [6.07, 6.45) is 5.44. The number of benzene rings is 1. The first-order valence-electron chi connectivity index (χ1n) is 11.2. The minimum atomic E-state index is -2.08. The lowest BCUT2D eigenvalue weighted by Crippen LogP contribution is -2.45. The van der Waals surface area contributed by atoms with E-state index in [4.69, 9.17) is 13.7 Å². The molecule has 0 N–H and O–H groups in total. The van der Waals surface area contributed by atoms with Crippen molar-refractivity contribution in [3.05, 3.63) is 42.5 Å². The Morgan fingerprint density at radius 3 is 2.00 bits per heavy atom. The summed E-state index contributed by atoms with van der Waals surface area (Å²) in [5, 5.41) is 0.142. The summed E-state index contributed by atoms with van der Waals surface area (Å²) in [6.45, 7) is 22.3. The minimum absolute atomic E-state index is 0.0614. The molecule has 0 radical (unpaired) electrons. The van der Waals surface area contributed by atoms with Crippen LogP contribution < -0.4 is 13.7 Å². The molecular formula is C24H40N2O4Si2. The molecular weight excluding hydrogens is 436 g/mol. The molecule has 0 unspecified atom stereocenters. The molecule has 8 heteroatoms. The van der Waals surface area contributed by atoms with E-state index in [0.717, 1.165) is 17.1 Å². The second-order valence-corrected chi connectivity index (χ2v) is 20.8. The number of nitrogens with zero attached hydrogens (tertiary/aromatic N) is 2. The smallest absolute Gasteiger partial charge is 0.333 e. The van der Waals surface area contributed by atoms with Crippen LogP contribution in [0.25, 0.3) is 0 Å². The maximum atomic E-state index is 12.2. The predicted molar refractivity (Wildman–Crippen MR) is 134 cm³/mol. The van der Waals surface area contributed by atoms with Crippen molar-refractivity contribution >= 4 is 22.6 Å². The molecule has 1 heterocycles. The fourth-order valence-electron chi connectivity index (χ4n) is 2.44. The first-order valence-corrected chi connectivity index (χ1v) is 17.0. The van der Waals surface area contributed by atoms with Crippen LogP contribution in [0.1, 0.15) is 53.5 Å². The largest absolute Gasteiger partial charge is 0.541 e. The summed E-state index contributed by atoms with van der Waals surface area (Å²) < 4.78 is 14.6. The number of carbonyl (C=O) groups excluding carboxylic acids is 1. The van der Waals surface area contributed by atoms with E-state index in [1.807, 2.05) is 18.2 Å². The zero-order chi connectivity index (χ0) is 24.4. The lowest BCUT2D eigenvalue weighted by molar-refractivity contribution is -0.144. The Labute approximate surface area is 195 Å². The topological polar surface area (TPSA) is 62.6 Å². The maximum absolute atomic E-state index is 12.2. The van der Waals surface area contributed by atoms with E-state index in [9.17, 15) is 4.79 Å². The Kier molecular flexibility index (Phi) is 7.72. The van der Waals surface area contributed by atoms with Gasteiger partial charge in [0.05, 0.1) is 12.6 Å². The quantitative estimate of drug-likeness (QED) is 0.422. The lowest BCUT2D eigenvalue weighted by Gasteiger charge is -2.39. The van der Waals surface area contributed by atoms with Crippen LogP contribution in [0.3, 0.4) is 0 Å². The average molecular weight is 477 g/mol. The van der Waals surface area contributed by atoms with E-state index in [1.54, 1.807) is 12.4 Å². The van der Waals surface area contributed by atoms with Crippen LogP contribution >= 0.6 is 0 Å². The normalized spacial score (nSPS) is 13.1. The van der Waals surface area contributed by atoms with Crippen LogP contribution in [0.5, 0.6) is 11.5 Å². The highest BCUT2D eigenvalue weighted by atomic mass is 28.4. The zero-order valence-corrected chi connectivity index (χ0v) is 23.4. The van der Waals surface area contributed by atoms with Gasteiger partial charge in [0.25, 0.3) is 16.6 Å². The molecule has 0 saturated carbocycles. The van der Waals surface area contributed by atoms with Crippen molar-refractivity contribution < 1.29 is 18.5 Å². The highest BCUT2D eigenvalue weighted by Crippen LogP contribution is 2.43. The fourth-order valence-corrected chi connectivity index (χ4v) is 4.48. The highest BCUT2D eigenvalue weighted by Gasteiger charge is 2.42. The van der Waals surface area contributed by atoms with Gasteiger partial charge in [0.15, 0.2) is 0 Å². The number of carbonyl (C=O) groups is 1. The second-order valence-electron chi connectivity index (χ2n) is 11.4. The van der Waals surface area contributed by atoms with E-state index in [-0.39, 0.29) is 22.5 Å². The maximum Gasteiger partial charge on any atom is 0.333 e. The molecule has 2 aromatic rings. The molecule has 0 atom stereocenters. The Bertz CT molecular complexity index is 911. The third kappa shape index (κ3) is 6.71. The Hall–Kier alpha value is -2.07. The van der Waals surface area contributed by atoms with Crippen molar-refractivity contribution in [2.24, 2.45) is 0 Å². The first-order chi connectivity index (χ1) is 14.5. The van der Waals surface area contributed by atoms with Gasteiger partial charge in [0, 0.05) is 6.20 Å². The summed E-state index contributed by atoms with van der Waals surface area (Å²) in [7, 11) is -4.11. The SMILES string of the molecule is CC(C)(C)[Si](C)(C)Oc1ccc(CCC(=O)On2ccnc2)cc1O[Si](C)(C)C(C)(C)C. The molecule has 0 aliphatic rings. The molecule has 1 aromatic carbocycles. The van der Waals surface area contributed by atoms with E-state index in [2.05, 4.69) is 72.7 Å². The predicted octanol–water partition coefficient (Wildman–Crippen LogP) is 6.24. The fraction of sp³-hybridized carbons (Fsp3) is 0.583. The lowest BCUT2D eigenvalue weighted by atomic mass is 10.1. The van der Waals surface area contributed by atoms with Crippen LogP contribution in [-0.2, 0) is 11.2 Å². The number of imidazole rings is 1. The minimum Gasteiger partial charge on any atom is -0.541 e. The molecule has 0 fully saturated rings. The van der Waals surface area contributed by atoms with Gasteiger partial charge < -0.3 is 13.7 Å². The average Bonchev–Trinajstić information content (AvgIpc) is 3.12. The van der Waals surface area contributed by atoms with Crippen molar-refractivity contribution in [3.8, 4) is 11.5 Å². The molecule has 0 spiro atoms. The standard InChI is InChI=1S/C24H40N2O4Si2/c1-23(2,3)31(7,8)29-20-13-11-19(12-14-22(27)28-26-16-15-25-18-26)17-21(20)30-32(9,10)24(4,5)6/h11,13,15-18H,12,14H2,1-10H3. The molecule has 0 saturated heterocycles. The van der Waals surface area contributed by atoms with E-state index < -0.39 is 16.6 Å². The molecule has 32 heavy (non-hydrogen) atoms. The first kappa shape index (κ1) is 26.2. The van der Waals surface area contributed by atoms with Crippen molar-refractivity contribution in [2.45, 2.75) is 90.6 Å². The molecule has 6 nitrogen and oxygen atoms in total. The molecule has 0 bridgehead atoms. The summed E-state index contributed by atoms with van der Waals surface area (Å²) in [5.41, 5.74) is 1.02. The summed E-state index contributed by atoms with van der Waals surface area (Å²) in [5.74, 6) is 1.27. The van der Waals surface area contributed by atoms with Gasteiger partial charge in [0.1, 0.15) is 17.8 Å². The molecule has 0 aliphatic carbocycles. The Morgan fingerprint density at radius 2 is 1.50 bits per heavy atom. The molecule has 0 amide bonds. The van der Waals surface area contributed by atoms with Gasteiger partial charge in [-0.15, -0.1) is 0 Å². The molecule has 2 rings (SSSR count). The van der Waals surface area contributed by atoms with Gasteiger partial charge >= 0.3 is 5.97 Å². The third-order valence-electron chi connectivity index (χ3n) is 6.66. The Morgan fingerprint density at radius 1 is 0.938 bits per heavy atom. The van der Waals surface area contributed by atoms with Gasteiger partial charge in [-0.3, -0.25) is 0 Å². The Balaban J connectivity index is 2.27. The van der Waals surface area contributed by atoms with Gasteiger partial charge in [-0.2, -0.15) is 4.73 Å². The monoisotopic (exact) mass is 476 g/mol. The van der Waals surface area contributed by atoms with Crippen LogP contribution in [0.15, 0.2) is 36.9 Å². The number of aryl methyl sites for hydroxylation is 1. The van der Waals surface area contributed by atoms with Crippen molar-refractivity contribution in [2.75, 3.05) is 0 Å². The van der Waals surface area contributed by atoms with Crippen molar-refractivity contribution in [1.29, 1.82) is 0 Å². The summed E-state index contributed by atoms with van der Waals surface area (Å²) in [6, 6.07) is 6.05. The molecule has 178 valence electrons. The van der Waals surface area contributed by atoms with Crippen molar-refractivity contribution in [3.63, 3.8) is 0 Å². The van der Waals surface area contributed by atoms with Crippen LogP contribution in [0, 0.1) is 0 Å². The number of hydrogen-bond acceptors (Lipinski definition) is 5. The molecule has 0 aliphatic heterocycles. The number of hydrogen-bond donors (Lipinski definition) is 0. The highest BCUT2D eigenvalue weighted by molar-refractivity contribution is 6.75. The number of aromatic nitrogens is 2. The third-order valence-corrected chi connectivity index (χ3v) is 15.3. The van der Waals surface area contributed by atoms with Gasteiger partial charge in [-0.05, 0) is 60.4 Å². The van der Waals surface area contributed by atoms with E-state index in [1.165, 1.54) is 11.1 Å². The van der Waals surface area contributed by atoms with E-state index in [0.29, 0.717) is 6.42 Å². The molecule has 1 aromatic heterocycles. The van der Waals surface area contributed by atoms with Gasteiger partial charge in [-0.25, -0.2) is 9.78 Å². The zero-order valence-electron chi connectivity index (χ0n) is 21.4. The van der Waals surface area contributed by atoms with Gasteiger partial charge in [0.2, 0.25) is 0 Å². The summed E-state index contributed by atoms with van der Waals surface area (Å²) in [4.78, 5) is 21.3. The van der Waals surface area contributed by atoms with Crippen molar-refractivity contribution in [1.82, 2.24) is 9.71 Å². The van der Waals surface area contributed by atoms with Crippen LogP contribution in [0.2, 0.25) is 36.3 Å².